The summed E-state index contributed by atoms with van der Waals surface area (Å²) in [5, 5.41) is 9.58. The molecule has 174 valence electrons. The predicted molar refractivity (Wildman–Crippen MR) is 132 cm³/mol. The van der Waals surface area contributed by atoms with Gasteiger partial charge in [0.15, 0.2) is 9.84 Å². The molecule has 0 spiro atoms. The molecule has 9 heteroatoms. The van der Waals surface area contributed by atoms with Gasteiger partial charge < -0.3 is 14.3 Å². The highest BCUT2D eigenvalue weighted by molar-refractivity contribution is 7.91. The van der Waals surface area contributed by atoms with Crippen LogP contribution in [0.5, 0.6) is 5.75 Å². The lowest BCUT2D eigenvalue weighted by Gasteiger charge is -2.12. The number of aromatic amines is 1. The first kappa shape index (κ1) is 22.1. The van der Waals surface area contributed by atoms with E-state index in [9.17, 15) is 8.42 Å². The van der Waals surface area contributed by atoms with Crippen molar-refractivity contribution in [1.29, 1.82) is 0 Å². The maximum atomic E-state index is 12.5. The van der Waals surface area contributed by atoms with Crippen LogP contribution in [0.2, 0.25) is 0 Å². The molecule has 0 aliphatic heterocycles. The van der Waals surface area contributed by atoms with E-state index in [4.69, 9.17) is 4.74 Å². The van der Waals surface area contributed by atoms with Crippen LogP contribution in [0.15, 0.2) is 66.2 Å². The Kier molecular flexibility index (Phi) is 5.79. The van der Waals surface area contributed by atoms with Crippen LogP contribution in [-0.4, -0.2) is 45.5 Å². The van der Waals surface area contributed by atoms with Crippen LogP contribution in [-0.2, 0) is 16.4 Å². The molecule has 0 aliphatic carbocycles. The van der Waals surface area contributed by atoms with Crippen LogP contribution in [0.25, 0.3) is 33.1 Å². The summed E-state index contributed by atoms with van der Waals surface area (Å²) in [7, 11) is -3.32. The Morgan fingerprint density at radius 2 is 1.91 bits per heavy atom. The summed E-state index contributed by atoms with van der Waals surface area (Å²) in [6.07, 6.45) is 6.00. The molecule has 0 fully saturated rings. The second-order valence-electron chi connectivity index (χ2n) is 8.23. The van der Waals surface area contributed by atoms with Gasteiger partial charge in [-0.3, -0.25) is 0 Å². The number of rotatable bonds is 8. The van der Waals surface area contributed by atoms with Crippen molar-refractivity contribution in [2.75, 3.05) is 12.4 Å². The van der Waals surface area contributed by atoms with Gasteiger partial charge in [0, 0.05) is 23.5 Å². The number of H-pyrrole nitrogens is 1. The molecule has 1 N–H and O–H groups in total. The van der Waals surface area contributed by atoms with Crippen molar-refractivity contribution >= 4 is 31.8 Å². The fourth-order valence-corrected chi connectivity index (χ4v) is 5.04. The maximum Gasteiger partial charge on any atom is 0.178 e. The van der Waals surface area contributed by atoms with Crippen LogP contribution < -0.4 is 4.74 Å². The van der Waals surface area contributed by atoms with Crippen molar-refractivity contribution in [1.82, 2.24) is 24.7 Å². The highest BCUT2D eigenvalue weighted by Gasteiger charge is 2.18. The number of hydrogen-bond donors (Lipinski definition) is 1. The SMILES string of the molecule is CCS(=O)(=O)c1cccc(-c2ccc(OCCCn3cnnc3)c3[nH]c4ncc(C)cc4c23)c1. The zero-order valence-electron chi connectivity index (χ0n) is 19.0. The Morgan fingerprint density at radius 1 is 1.09 bits per heavy atom. The van der Waals surface area contributed by atoms with Gasteiger partial charge >= 0.3 is 0 Å². The number of sulfone groups is 1. The number of aryl methyl sites for hydroxylation is 2. The van der Waals surface area contributed by atoms with E-state index in [0.29, 0.717) is 11.5 Å². The minimum atomic E-state index is -3.32. The molecule has 3 aromatic heterocycles. The Hall–Kier alpha value is -3.72. The normalized spacial score (nSPS) is 11.9. The second kappa shape index (κ2) is 8.90. The molecule has 0 amide bonds. The molecule has 5 rings (SSSR count). The van der Waals surface area contributed by atoms with E-state index >= 15 is 0 Å². The van der Waals surface area contributed by atoms with Crippen LogP contribution in [0.4, 0.5) is 0 Å². The average Bonchev–Trinajstić information content (AvgIpc) is 3.50. The van der Waals surface area contributed by atoms with Crippen molar-refractivity contribution in [3.05, 3.63) is 66.9 Å². The van der Waals surface area contributed by atoms with E-state index in [1.165, 1.54) is 0 Å². The van der Waals surface area contributed by atoms with Gasteiger partial charge in [-0.25, -0.2) is 13.4 Å². The molecular weight excluding hydrogens is 450 g/mol. The van der Waals surface area contributed by atoms with Crippen molar-refractivity contribution in [2.24, 2.45) is 0 Å². The number of nitrogens with zero attached hydrogens (tertiary/aromatic N) is 4. The third kappa shape index (κ3) is 4.14. The summed E-state index contributed by atoms with van der Waals surface area (Å²) in [6.45, 7) is 4.95. The van der Waals surface area contributed by atoms with E-state index in [-0.39, 0.29) is 5.75 Å². The van der Waals surface area contributed by atoms with Gasteiger partial charge in [-0.1, -0.05) is 19.1 Å². The molecule has 34 heavy (non-hydrogen) atoms. The van der Waals surface area contributed by atoms with E-state index in [1.807, 2.05) is 35.9 Å². The Bertz CT molecular complexity index is 1570. The van der Waals surface area contributed by atoms with Crippen molar-refractivity contribution in [3.63, 3.8) is 0 Å². The standard InChI is InChI=1S/C25H25N5O3S/c1-3-34(31,32)19-7-4-6-18(13-19)20-8-9-22(33-11-5-10-30-15-27-28-16-30)24-23(20)21-12-17(2)14-26-25(21)29-24/h4,6-9,12-16H,3,5,10-11H2,1-2H3,(H,26,29). The summed E-state index contributed by atoms with van der Waals surface area (Å²) in [4.78, 5) is 8.31. The maximum absolute atomic E-state index is 12.5. The molecule has 0 saturated carbocycles. The number of pyridine rings is 1. The van der Waals surface area contributed by atoms with Crippen LogP contribution in [0, 0.1) is 6.92 Å². The highest BCUT2D eigenvalue weighted by atomic mass is 32.2. The average molecular weight is 476 g/mol. The number of hydrogen-bond acceptors (Lipinski definition) is 6. The summed E-state index contributed by atoms with van der Waals surface area (Å²) < 4.78 is 33.1. The lowest BCUT2D eigenvalue weighted by Crippen LogP contribution is -2.04. The van der Waals surface area contributed by atoms with Gasteiger partial charge in [0.2, 0.25) is 0 Å². The fraction of sp³-hybridized carbons (Fsp3) is 0.240. The van der Waals surface area contributed by atoms with Gasteiger partial charge in [-0.2, -0.15) is 0 Å². The van der Waals surface area contributed by atoms with E-state index in [2.05, 4.69) is 26.2 Å². The smallest absolute Gasteiger partial charge is 0.178 e. The zero-order valence-corrected chi connectivity index (χ0v) is 19.8. The highest BCUT2D eigenvalue weighted by Crippen LogP contribution is 2.39. The Morgan fingerprint density at radius 3 is 2.71 bits per heavy atom. The lowest BCUT2D eigenvalue weighted by atomic mass is 9.99. The van der Waals surface area contributed by atoms with Gasteiger partial charge in [-0.15, -0.1) is 10.2 Å². The van der Waals surface area contributed by atoms with E-state index < -0.39 is 9.84 Å². The molecule has 0 bridgehead atoms. The summed E-state index contributed by atoms with van der Waals surface area (Å²) in [6, 6.07) is 13.1. The third-order valence-corrected chi connectivity index (χ3v) is 7.61. The molecule has 0 atom stereocenters. The summed E-state index contributed by atoms with van der Waals surface area (Å²) >= 11 is 0. The molecule has 8 nitrogen and oxygen atoms in total. The molecule has 0 unspecified atom stereocenters. The lowest BCUT2D eigenvalue weighted by molar-refractivity contribution is 0.304. The van der Waals surface area contributed by atoms with Gasteiger partial charge in [0.05, 0.1) is 22.8 Å². The minimum Gasteiger partial charge on any atom is -0.491 e. The molecular formula is C25H25N5O3S. The fourth-order valence-electron chi connectivity index (χ4n) is 4.12. The predicted octanol–water partition coefficient (Wildman–Crippen LogP) is 4.55. The number of benzene rings is 2. The zero-order chi connectivity index (χ0) is 23.7. The molecule has 5 aromatic rings. The first-order valence-electron chi connectivity index (χ1n) is 11.2. The van der Waals surface area contributed by atoms with Crippen molar-refractivity contribution < 1.29 is 13.2 Å². The molecule has 0 aliphatic rings. The van der Waals surface area contributed by atoms with Gasteiger partial charge in [0.25, 0.3) is 0 Å². The quantitative estimate of drug-likeness (QED) is 0.330. The van der Waals surface area contributed by atoms with Crippen LogP contribution >= 0.6 is 0 Å². The summed E-state index contributed by atoms with van der Waals surface area (Å²) in [5.74, 6) is 0.791. The molecule has 0 radical (unpaired) electrons. The minimum absolute atomic E-state index is 0.0595. The second-order valence-corrected chi connectivity index (χ2v) is 10.5. The third-order valence-electron chi connectivity index (χ3n) is 5.87. The van der Waals surface area contributed by atoms with E-state index in [0.717, 1.165) is 57.3 Å². The molecule has 2 aromatic carbocycles. The first-order chi connectivity index (χ1) is 16.5. The number of nitrogens with one attached hydrogen (secondary N) is 1. The number of aromatic nitrogens is 5. The van der Waals surface area contributed by atoms with Crippen LogP contribution in [0.1, 0.15) is 18.9 Å². The van der Waals surface area contributed by atoms with Crippen LogP contribution in [0.3, 0.4) is 0 Å². The molecule has 3 heterocycles. The molecule has 0 saturated heterocycles. The first-order valence-corrected chi connectivity index (χ1v) is 12.8. The Balaban J connectivity index is 1.58. The Labute approximate surface area is 197 Å². The van der Waals surface area contributed by atoms with Crippen molar-refractivity contribution in [3.8, 4) is 16.9 Å². The monoisotopic (exact) mass is 475 g/mol. The number of ether oxygens (including phenoxy) is 1. The largest absolute Gasteiger partial charge is 0.491 e. The summed E-state index contributed by atoms with van der Waals surface area (Å²) in [5.41, 5.74) is 4.42. The van der Waals surface area contributed by atoms with Gasteiger partial charge in [-0.05, 0) is 60.4 Å². The van der Waals surface area contributed by atoms with E-state index in [1.54, 1.807) is 37.8 Å². The number of fused-ring (bicyclic) bond motifs is 3. The van der Waals surface area contributed by atoms with Gasteiger partial charge in [0.1, 0.15) is 24.1 Å². The topological polar surface area (TPSA) is 103 Å². The van der Waals surface area contributed by atoms with Crippen molar-refractivity contribution in [2.45, 2.75) is 31.7 Å².